The Balaban J connectivity index is 1.98. The van der Waals surface area contributed by atoms with Crippen LogP contribution in [0.2, 0.25) is 0 Å². The maximum Gasteiger partial charge on any atom is 0.271 e. The van der Waals surface area contributed by atoms with Crippen LogP contribution >= 0.6 is 22.6 Å². The number of rotatable bonds is 3. The molecule has 0 saturated carbocycles. The first-order valence-electron chi connectivity index (χ1n) is 5.53. The lowest BCUT2D eigenvalue weighted by Gasteiger charge is -2.00. The molecule has 2 aromatic carbocycles. The molecule has 4 nitrogen and oxygen atoms in total. The van der Waals surface area contributed by atoms with Crippen LogP contribution in [0.3, 0.4) is 0 Å². The van der Waals surface area contributed by atoms with Crippen LogP contribution in [0.4, 0.5) is 0 Å². The SMILES string of the molecule is O=C(N/N=C\c1cccc(I)c1)c1ccc(O)cc1. The molecule has 2 N–H and O–H groups in total. The van der Waals surface area contributed by atoms with Crippen molar-refractivity contribution in [3.63, 3.8) is 0 Å². The van der Waals surface area contributed by atoms with Gasteiger partial charge in [0.15, 0.2) is 0 Å². The van der Waals surface area contributed by atoms with Crippen LogP contribution in [0, 0.1) is 3.57 Å². The fourth-order valence-corrected chi connectivity index (χ4v) is 2.00. The fraction of sp³-hybridized carbons (Fsp3) is 0. The van der Waals surface area contributed by atoms with E-state index in [9.17, 15) is 4.79 Å². The van der Waals surface area contributed by atoms with E-state index in [0.717, 1.165) is 9.13 Å². The molecule has 0 saturated heterocycles. The number of benzene rings is 2. The van der Waals surface area contributed by atoms with Crippen molar-refractivity contribution in [3.8, 4) is 5.75 Å². The maximum absolute atomic E-state index is 11.7. The highest BCUT2D eigenvalue weighted by molar-refractivity contribution is 14.1. The topological polar surface area (TPSA) is 61.7 Å². The van der Waals surface area contributed by atoms with E-state index in [1.807, 2.05) is 24.3 Å². The van der Waals surface area contributed by atoms with Gasteiger partial charge < -0.3 is 5.11 Å². The van der Waals surface area contributed by atoms with Gasteiger partial charge in [-0.25, -0.2) is 5.43 Å². The molecule has 0 radical (unpaired) electrons. The first-order valence-corrected chi connectivity index (χ1v) is 6.61. The fourth-order valence-electron chi connectivity index (χ4n) is 1.43. The van der Waals surface area contributed by atoms with Gasteiger partial charge in [0.05, 0.1) is 6.21 Å². The Morgan fingerprint density at radius 2 is 1.95 bits per heavy atom. The lowest BCUT2D eigenvalue weighted by Crippen LogP contribution is -2.17. The molecule has 0 spiro atoms. The number of aromatic hydroxyl groups is 1. The van der Waals surface area contributed by atoms with Crippen molar-refractivity contribution < 1.29 is 9.90 Å². The molecule has 0 bridgehead atoms. The summed E-state index contributed by atoms with van der Waals surface area (Å²) in [6.07, 6.45) is 1.58. The standard InChI is InChI=1S/C14H11IN2O2/c15-12-3-1-2-10(8-12)9-16-17-14(19)11-4-6-13(18)7-5-11/h1-9,18H,(H,17,19)/b16-9-. The minimum Gasteiger partial charge on any atom is -0.508 e. The lowest BCUT2D eigenvalue weighted by atomic mass is 10.2. The molecule has 2 aromatic rings. The van der Waals surface area contributed by atoms with E-state index < -0.39 is 0 Å². The van der Waals surface area contributed by atoms with Crippen LogP contribution < -0.4 is 5.43 Å². The van der Waals surface area contributed by atoms with Crippen LogP contribution in [0.15, 0.2) is 53.6 Å². The van der Waals surface area contributed by atoms with Gasteiger partial charge in [-0.2, -0.15) is 5.10 Å². The van der Waals surface area contributed by atoms with E-state index in [2.05, 4.69) is 33.1 Å². The Kier molecular flexibility index (Phi) is 4.51. The summed E-state index contributed by atoms with van der Waals surface area (Å²) in [6, 6.07) is 13.7. The number of carbonyl (C=O) groups excluding carboxylic acids is 1. The van der Waals surface area contributed by atoms with Gasteiger partial charge >= 0.3 is 0 Å². The Bertz CT molecular complexity index is 609. The third-order valence-electron chi connectivity index (χ3n) is 2.36. The van der Waals surface area contributed by atoms with E-state index >= 15 is 0 Å². The zero-order valence-corrected chi connectivity index (χ0v) is 12.0. The number of hydrazone groups is 1. The van der Waals surface area contributed by atoms with Crippen LogP contribution in [-0.4, -0.2) is 17.2 Å². The maximum atomic E-state index is 11.7. The van der Waals surface area contributed by atoms with Gasteiger partial charge in [0, 0.05) is 9.13 Å². The molecule has 0 aromatic heterocycles. The van der Waals surface area contributed by atoms with Crippen molar-refractivity contribution in [3.05, 3.63) is 63.2 Å². The Hall–Kier alpha value is -1.89. The number of hydrogen-bond acceptors (Lipinski definition) is 3. The third-order valence-corrected chi connectivity index (χ3v) is 3.03. The van der Waals surface area contributed by atoms with E-state index in [1.165, 1.54) is 24.3 Å². The number of amides is 1. The van der Waals surface area contributed by atoms with E-state index in [1.54, 1.807) is 6.21 Å². The molecule has 0 unspecified atom stereocenters. The number of phenols is 1. The predicted molar refractivity (Wildman–Crippen MR) is 82.3 cm³/mol. The predicted octanol–water partition coefficient (Wildman–Crippen LogP) is 2.76. The first kappa shape index (κ1) is 13.5. The van der Waals surface area contributed by atoms with Gasteiger partial charge in [0.2, 0.25) is 0 Å². The normalized spacial score (nSPS) is 10.6. The van der Waals surface area contributed by atoms with Gasteiger partial charge in [-0.15, -0.1) is 0 Å². The molecule has 0 aliphatic heterocycles. The molecule has 0 atom stereocenters. The molecule has 19 heavy (non-hydrogen) atoms. The van der Waals surface area contributed by atoms with Gasteiger partial charge in [-0.3, -0.25) is 4.79 Å². The number of nitrogens with one attached hydrogen (secondary N) is 1. The molecule has 1 amide bonds. The van der Waals surface area contributed by atoms with Crippen LogP contribution in [0.1, 0.15) is 15.9 Å². The van der Waals surface area contributed by atoms with Crippen molar-refractivity contribution in [2.75, 3.05) is 0 Å². The minimum atomic E-state index is -0.318. The molecule has 0 aliphatic carbocycles. The average Bonchev–Trinajstić information content (AvgIpc) is 2.39. The van der Waals surface area contributed by atoms with E-state index in [4.69, 9.17) is 5.11 Å². The van der Waals surface area contributed by atoms with Crippen LogP contribution in [0.5, 0.6) is 5.75 Å². The van der Waals surface area contributed by atoms with Gasteiger partial charge in [0.1, 0.15) is 5.75 Å². The Labute approximate surface area is 124 Å². The molecular formula is C14H11IN2O2. The highest BCUT2D eigenvalue weighted by Gasteiger charge is 2.02. The minimum absolute atomic E-state index is 0.124. The summed E-state index contributed by atoms with van der Waals surface area (Å²) < 4.78 is 1.10. The summed E-state index contributed by atoms with van der Waals surface area (Å²) in [6.45, 7) is 0. The average molecular weight is 366 g/mol. The van der Waals surface area contributed by atoms with Crippen molar-refractivity contribution >= 4 is 34.7 Å². The van der Waals surface area contributed by atoms with Crippen molar-refractivity contribution in [1.29, 1.82) is 0 Å². The van der Waals surface area contributed by atoms with Crippen LogP contribution in [-0.2, 0) is 0 Å². The summed E-state index contributed by atoms with van der Waals surface area (Å²) in [5, 5.41) is 13.0. The smallest absolute Gasteiger partial charge is 0.271 e. The summed E-state index contributed by atoms with van der Waals surface area (Å²) in [7, 11) is 0. The van der Waals surface area contributed by atoms with Gasteiger partial charge in [-0.05, 0) is 64.6 Å². The third kappa shape index (κ3) is 4.06. The molecule has 2 rings (SSSR count). The van der Waals surface area contributed by atoms with E-state index in [0.29, 0.717) is 5.56 Å². The Morgan fingerprint density at radius 1 is 1.21 bits per heavy atom. The van der Waals surface area contributed by atoms with Crippen molar-refractivity contribution in [2.45, 2.75) is 0 Å². The second-order valence-electron chi connectivity index (χ2n) is 3.80. The number of phenolic OH excluding ortho intramolecular Hbond substituents is 1. The molecule has 5 heteroatoms. The lowest BCUT2D eigenvalue weighted by molar-refractivity contribution is 0.0955. The highest BCUT2D eigenvalue weighted by Crippen LogP contribution is 2.09. The number of halogens is 1. The molecule has 0 fully saturated rings. The number of nitrogens with zero attached hydrogens (tertiary/aromatic N) is 1. The quantitative estimate of drug-likeness (QED) is 0.499. The summed E-state index contributed by atoms with van der Waals surface area (Å²) in [4.78, 5) is 11.7. The summed E-state index contributed by atoms with van der Waals surface area (Å²) in [5.74, 6) is -0.194. The second-order valence-corrected chi connectivity index (χ2v) is 5.05. The number of carbonyl (C=O) groups is 1. The van der Waals surface area contributed by atoms with Gasteiger partial charge in [-0.1, -0.05) is 12.1 Å². The monoisotopic (exact) mass is 366 g/mol. The number of hydrogen-bond donors (Lipinski definition) is 2. The summed E-state index contributed by atoms with van der Waals surface area (Å²) in [5.41, 5.74) is 3.79. The van der Waals surface area contributed by atoms with Crippen LogP contribution in [0.25, 0.3) is 0 Å². The van der Waals surface area contributed by atoms with Crippen molar-refractivity contribution in [1.82, 2.24) is 5.43 Å². The molecule has 0 heterocycles. The largest absolute Gasteiger partial charge is 0.508 e. The molecule has 96 valence electrons. The zero-order chi connectivity index (χ0) is 13.7. The van der Waals surface area contributed by atoms with E-state index in [-0.39, 0.29) is 11.7 Å². The van der Waals surface area contributed by atoms with Crippen molar-refractivity contribution in [2.24, 2.45) is 5.10 Å². The van der Waals surface area contributed by atoms with Gasteiger partial charge in [0.25, 0.3) is 5.91 Å². The molecular weight excluding hydrogens is 355 g/mol. The zero-order valence-electron chi connectivity index (χ0n) is 9.88. The molecule has 0 aliphatic rings. The first-order chi connectivity index (χ1) is 9.15. The summed E-state index contributed by atoms with van der Waals surface area (Å²) >= 11 is 2.21. The highest BCUT2D eigenvalue weighted by atomic mass is 127. The second kappa shape index (κ2) is 6.33. The Morgan fingerprint density at radius 3 is 2.63 bits per heavy atom.